The van der Waals surface area contributed by atoms with Crippen LogP contribution >= 0.6 is 0 Å². The molecule has 13 heavy (non-hydrogen) atoms. The Labute approximate surface area is 76.4 Å². The van der Waals surface area contributed by atoms with Gasteiger partial charge in [-0.25, -0.2) is 0 Å². The maximum absolute atomic E-state index is 10.4. The van der Waals surface area contributed by atoms with Crippen LogP contribution in [0.4, 0.5) is 0 Å². The number of carboxylic acids is 1. The Morgan fingerprint density at radius 1 is 1.54 bits per heavy atom. The Kier molecular flexibility index (Phi) is 3.40. The zero-order valence-electron chi connectivity index (χ0n) is 7.18. The third kappa shape index (κ3) is 3.21. The minimum absolute atomic E-state index is 0.458. The number of hydrogen-bond acceptors (Lipinski definition) is 3. The highest BCUT2D eigenvalue weighted by molar-refractivity contribution is 5.73. The summed E-state index contributed by atoms with van der Waals surface area (Å²) < 4.78 is 0. The number of carboxylic acid groups (broad SMARTS) is 1. The Balaban J connectivity index is 2.39. The number of aromatic nitrogens is 1. The SMILES string of the molecule is N[C@H](CCc1ccncc1)C(=O)O. The molecule has 4 nitrogen and oxygen atoms in total. The normalized spacial score (nSPS) is 12.4. The molecule has 0 aromatic carbocycles. The second-order valence-corrected chi connectivity index (χ2v) is 2.84. The summed E-state index contributed by atoms with van der Waals surface area (Å²) in [6.45, 7) is 0. The first-order valence-corrected chi connectivity index (χ1v) is 4.07. The molecule has 70 valence electrons. The van der Waals surface area contributed by atoms with Crippen molar-refractivity contribution in [3.8, 4) is 0 Å². The van der Waals surface area contributed by atoms with Crippen molar-refractivity contribution in [3.05, 3.63) is 30.1 Å². The van der Waals surface area contributed by atoms with Crippen molar-refractivity contribution in [1.29, 1.82) is 0 Å². The van der Waals surface area contributed by atoms with Crippen molar-refractivity contribution >= 4 is 5.97 Å². The third-order valence-electron chi connectivity index (χ3n) is 1.81. The first-order valence-electron chi connectivity index (χ1n) is 4.07. The molecule has 0 saturated heterocycles. The highest BCUT2D eigenvalue weighted by Crippen LogP contribution is 2.02. The monoisotopic (exact) mass is 180 g/mol. The standard InChI is InChI=1S/C9H12N2O2/c10-8(9(12)13)2-1-7-3-5-11-6-4-7/h3-6,8H,1-2,10H2,(H,12,13)/t8-/m1/s1. The lowest BCUT2D eigenvalue weighted by molar-refractivity contribution is -0.138. The molecule has 0 aliphatic heterocycles. The third-order valence-corrected chi connectivity index (χ3v) is 1.81. The average Bonchev–Trinajstić information content (AvgIpc) is 2.15. The van der Waals surface area contributed by atoms with Crippen LogP contribution in [0.1, 0.15) is 12.0 Å². The number of hydrogen-bond donors (Lipinski definition) is 2. The van der Waals surface area contributed by atoms with Crippen molar-refractivity contribution in [2.75, 3.05) is 0 Å². The van der Waals surface area contributed by atoms with Crippen LogP contribution in [0.15, 0.2) is 24.5 Å². The van der Waals surface area contributed by atoms with Crippen molar-refractivity contribution in [2.24, 2.45) is 5.73 Å². The Bertz CT molecular complexity index is 274. The fourth-order valence-corrected chi connectivity index (χ4v) is 0.995. The van der Waals surface area contributed by atoms with Gasteiger partial charge in [0.05, 0.1) is 0 Å². The van der Waals surface area contributed by atoms with E-state index < -0.39 is 12.0 Å². The molecule has 0 aliphatic rings. The van der Waals surface area contributed by atoms with Crippen LogP contribution in [0, 0.1) is 0 Å². The summed E-state index contributed by atoms with van der Waals surface area (Å²) in [4.78, 5) is 14.2. The van der Waals surface area contributed by atoms with Crippen molar-refractivity contribution in [3.63, 3.8) is 0 Å². The zero-order chi connectivity index (χ0) is 9.68. The molecule has 3 N–H and O–H groups in total. The summed E-state index contributed by atoms with van der Waals surface area (Å²) in [6.07, 6.45) is 4.50. The van der Waals surface area contributed by atoms with Crippen molar-refractivity contribution in [2.45, 2.75) is 18.9 Å². The lowest BCUT2D eigenvalue weighted by atomic mass is 10.1. The maximum atomic E-state index is 10.4. The molecule has 0 fully saturated rings. The van der Waals surface area contributed by atoms with Gasteiger partial charge in [-0.15, -0.1) is 0 Å². The van der Waals surface area contributed by atoms with E-state index in [1.54, 1.807) is 12.4 Å². The molecule has 4 heteroatoms. The van der Waals surface area contributed by atoms with E-state index in [-0.39, 0.29) is 0 Å². The Morgan fingerprint density at radius 3 is 2.69 bits per heavy atom. The Morgan fingerprint density at radius 2 is 2.15 bits per heavy atom. The molecule has 0 spiro atoms. The van der Waals surface area contributed by atoms with Gasteiger partial charge in [-0.05, 0) is 30.5 Å². The molecular weight excluding hydrogens is 168 g/mol. The highest BCUT2D eigenvalue weighted by atomic mass is 16.4. The van der Waals surface area contributed by atoms with Gasteiger partial charge in [-0.3, -0.25) is 9.78 Å². The van der Waals surface area contributed by atoms with Gasteiger partial charge in [0.15, 0.2) is 0 Å². The molecule has 0 radical (unpaired) electrons. The summed E-state index contributed by atoms with van der Waals surface area (Å²) in [5.41, 5.74) is 6.41. The van der Waals surface area contributed by atoms with E-state index in [0.29, 0.717) is 12.8 Å². The molecule has 0 unspecified atom stereocenters. The lowest BCUT2D eigenvalue weighted by Crippen LogP contribution is -2.30. The fourth-order valence-electron chi connectivity index (χ4n) is 0.995. The number of carbonyl (C=O) groups is 1. The van der Waals surface area contributed by atoms with Gasteiger partial charge in [0.25, 0.3) is 0 Å². The minimum atomic E-state index is -0.950. The summed E-state index contributed by atoms with van der Waals surface area (Å²) in [6, 6.07) is 2.94. The molecule has 0 amide bonds. The van der Waals surface area contributed by atoms with Gasteiger partial charge < -0.3 is 10.8 Å². The van der Waals surface area contributed by atoms with E-state index in [1.807, 2.05) is 12.1 Å². The molecule has 0 bridgehead atoms. The smallest absolute Gasteiger partial charge is 0.320 e. The van der Waals surface area contributed by atoms with Crippen LogP contribution in [-0.2, 0) is 11.2 Å². The quantitative estimate of drug-likeness (QED) is 0.704. The summed E-state index contributed by atoms with van der Waals surface area (Å²) >= 11 is 0. The highest BCUT2D eigenvalue weighted by Gasteiger charge is 2.10. The Hall–Kier alpha value is -1.42. The first kappa shape index (κ1) is 9.67. The molecule has 1 aromatic heterocycles. The van der Waals surface area contributed by atoms with Gasteiger partial charge in [-0.2, -0.15) is 0 Å². The van der Waals surface area contributed by atoms with Gasteiger partial charge in [0, 0.05) is 12.4 Å². The predicted octanol–water partition coefficient (Wildman–Crippen LogP) is 0.426. The summed E-state index contributed by atoms with van der Waals surface area (Å²) in [7, 11) is 0. The van der Waals surface area contributed by atoms with Gasteiger partial charge >= 0.3 is 5.97 Å². The van der Waals surface area contributed by atoms with E-state index in [9.17, 15) is 4.79 Å². The second-order valence-electron chi connectivity index (χ2n) is 2.84. The molecule has 1 rings (SSSR count). The van der Waals surface area contributed by atoms with Crippen molar-refractivity contribution < 1.29 is 9.90 Å². The van der Waals surface area contributed by atoms with E-state index in [0.717, 1.165) is 5.56 Å². The molecule has 1 aromatic rings. The van der Waals surface area contributed by atoms with Crippen LogP contribution in [0.5, 0.6) is 0 Å². The van der Waals surface area contributed by atoms with Crippen LogP contribution < -0.4 is 5.73 Å². The number of aliphatic carboxylic acids is 1. The van der Waals surface area contributed by atoms with Gasteiger partial charge in [-0.1, -0.05) is 0 Å². The molecular formula is C9H12N2O2. The van der Waals surface area contributed by atoms with E-state index in [1.165, 1.54) is 0 Å². The van der Waals surface area contributed by atoms with E-state index >= 15 is 0 Å². The van der Waals surface area contributed by atoms with Crippen molar-refractivity contribution in [1.82, 2.24) is 4.98 Å². The van der Waals surface area contributed by atoms with Crippen LogP contribution in [-0.4, -0.2) is 22.1 Å². The summed E-state index contributed by atoms with van der Waals surface area (Å²) in [5, 5.41) is 8.52. The number of nitrogens with two attached hydrogens (primary N) is 1. The van der Waals surface area contributed by atoms with E-state index in [2.05, 4.69) is 4.98 Å². The summed E-state index contributed by atoms with van der Waals surface area (Å²) in [5.74, 6) is -0.950. The number of nitrogens with zero attached hydrogens (tertiary/aromatic N) is 1. The second kappa shape index (κ2) is 4.57. The number of pyridine rings is 1. The van der Waals surface area contributed by atoms with Crippen LogP contribution in [0.25, 0.3) is 0 Å². The maximum Gasteiger partial charge on any atom is 0.320 e. The molecule has 1 heterocycles. The van der Waals surface area contributed by atoms with Crippen LogP contribution in [0.2, 0.25) is 0 Å². The zero-order valence-corrected chi connectivity index (χ0v) is 7.18. The first-order chi connectivity index (χ1) is 6.20. The minimum Gasteiger partial charge on any atom is -0.480 e. The van der Waals surface area contributed by atoms with E-state index in [4.69, 9.17) is 10.8 Å². The average molecular weight is 180 g/mol. The molecule has 0 saturated carbocycles. The number of aryl methyl sites for hydroxylation is 1. The lowest BCUT2D eigenvalue weighted by Gasteiger charge is -2.05. The fraction of sp³-hybridized carbons (Fsp3) is 0.333. The topological polar surface area (TPSA) is 76.2 Å². The molecule has 0 aliphatic carbocycles. The molecule has 1 atom stereocenters. The van der Waals surface area contributed by atoms with Gasteiger partial charge in [0.2, 0.25) is 0 Å². The van der Waals surface area contributed by atoms with Crippen LogP contribution in [0.3, 0.4) is 0 Å². The predicted molar refractivity (Wildman–Crippen MR) is 48.2 cm³/mol. The largest absolute Gasteiger partial charge is 0.480 e. The number of rotatable bonds is 4. The van der Waals surface area contributed by atoms with Gasteiger partial charge in [0.1, 0.15) is 6.04 Å².